The minimum Gasteiger partial charge on any atom is -0.467 e. The van der Waals surface area contributed by atoms with E-state index in [2.05, 4.69) is 10.3 Å². The highest BCUT2D eigenvalue weighted by Gasteiger charge is 2.24. The zero-order valence-corrected chi connectivity index (χ0v) is 18.1. The molecular formula is C20H30N6O5. The van der Waals surface area contributed by atoms with Crippen molar-refractivity contribution in [1.82, 2.24) is 19.8 Å². The number of nitrogens with zero attached hydrogens (tertiary/aromatic N) is 3. The van der Waals surface area contributed by atoms with Crippen molar-refractivity contribution in [3.63, 3.8) is 0 Å². The third kappa shape index (κ3) is 6.32. The number of nitrogens with two attached hydrogens (primary N) is 1. The largest absolute Gasteiger partial charge is 0.467 e. The summed E-state index contributed by atoms with van der Waals surface area (Å²) in [5.74, 6) is -0.115. The monoisotopic (exact) mass is 434 g/mol. The molecule has 2 rings (SSSR count). The summed E-state index contributed by atoms with van der Waals surface area (Å²) in [5.41, 5.74) is 4.72. The van der Waals surface area contributed by atoms with Crippen molar-refractivity contribution in [2.45, 2.75) is 39.8 Å². The number of hydrogen-bond donors (Lipinski definition) is 3. The second-order valence-corrected chi connectivity index (χ2v) is 7.16. The molecule has 2 aromatic rings. The third-order valence-corrected chi connectivity index (χ3v) is 4.70. The van der Waals surface area contributed by atoms with Crippen LogP contribution in [0.25, 0.3) is 0 Å². The van der Waals surface area contributed by atoms with Gasteiger partial charge in [0, 0.05) is 13.1 Å². The first-order chi connectivity index (χ1) is 14.8. The predicted molar refractivity (Wildman–Crippen MR) is 117 cm³/mol. The Balaban J connectivity index is 2.08. The number of furan rings is 1. The molecule has 4 N–H and O–H groups in total. The average molecular weight is 434 g/mol. The van der Waals surface area contributed by atoms with Crippen molar-refractivity contribution in [3.8, 4) is 0 Å². The van der Waals surface area contributed by atoms with E-state index in [9.17, 15) is 19.2 Å². The summed E-state index contributed by atoms with van der Waals surface area (Å²) in [6.07, 6.45) is 3.05. The molecule has 2 amide bonds. The van der Waals surface area contributed by atoms with Gasteiger partial charge in [-0.05, 0) is 32.5 Å². The molecule has 0 saturated carbocycles. The fourth-order valence-electron chi connectivity index (χ4n) is 3.11. The van der Waals surface area contributed by atoms with Crippen LogP contribution in [-0.4, -0.2) is 52.9 Å². The van der Waals surface area contributed by atoms with Crippen LogP contribution < -0.4 is 27.2 Å². The number of nitrogen functional groups attached to an aromatic ring is 1. The number of likely N-dealkylation sites (N-methyl/N-ethyl adjacent to an activating group) is 2. The molecule has 11 nitrogen and oxygen atoms in total. The maximum atomic E-state index is 12.9. The topological polar surface area (TPSA) is 147 Å². The average Bonchev–Trinajstić information content (AvgIpc) is 3.22. The van der Waals surface area contributed by atoms with Gasteiger partial charge < -0.3 is 20.4 Å². The molecule has 11 heteroatoms. The number of carbonyl (C=O) groups excluding carboxylic acids is 2. The van der Waals surface area contributed by atoms with E-state index in [4.69, 9.17) is 10.2 Å². The van der Waals surface area contributed by atoms with Crippen molar-refractivity contribution < 1.29 is 14.0 Å². The zero-order valence-electron chi connectivity index (χ0n) is 18.1. The highest BCUT2D eigenvalue weighted by atomic mass is 16.3. The number of anilines is 2. The number of carbonyl (C=O) groups is 2. The van der Waals surface area contributed by atoms with Gasteiger partial charge in [-0.1, -0.05) is 13.3 Å². The van der Waals surface area contributed by atoms with Crippen LogP contribution in [0.5, 0.6) is 0 Å². The van der Waals surface area contributed by atoms with Crippen LogP contribution >= 0.6 is 0 Å². The van der Waals surface area contributed by atoms with Crippen LogP contribution in [0.15, 0.2) is 32.4 Å². The second kappa shape index (κ2) is 11.2. The summed E-state index contributed by atoms with van der Waals surface area (Å²) >= 11 is 0. The lowest BCUT2D eigenvalue weighted by molar-refractivity contribution is -0.123. The van der Waals surface area contributed by atoms with E-state index in [1.54, 1.807) is 26.1 Å². The van der Waals surface area contributed by atoms with Gasteiger partial charge in [0.2, 0.25) is 11.8 Å². The van der Waals surface area contributed by atoms with E-state index in [-0.39, 0.29) is 43.6 Å². The Kier molecular flexibility index (Phi) is 8.62. The first-order valence-corrected chi connectivity index (χ1v) is 10.2. The summed E-state index contributed by atoms with van der Waals surface area (Å²) in [5, 5.41) is 2.70. The fraction of sp³-hybridized carbons (Fsp3) is 0.500. The lowest BCUT2D eigenvalue weighted by Gasteiger charge is -2.25. The quantitative estimate of drug-likeness (QED) is 0.455. The molecule has 2 aromatic heterocycles. The summed E-state index contributed by atoms with van der Waals surface area (Å²) in [6, 6.07) is 3.47. The first-order valence-electron chi connectivity index (χ1n) is 10.2. The Morgan fingerprint density at radius 2 is 2.00 bits per heavy atom. The molecule has 0 bridgehead atoms. The summed E-state index contributed by atoms with van der Waals surface area (Å²) in [7, 11) is 1.62. The molecule has 0 fully saturated rings. The number of amides is 2. The molecule has 2 heterocycles. The third-order valence-electron chi connectivity index (χ3n) is 4.70. The minimum atomic E-state index is -0.718. The van der Waals surface area contributed by atoms with Gasteiger partial charge in [-0.15, -0.1) is 0 Å². The molecule has 0 aliphatic heterocycles. The number of aromatic nitrogens is 2. The molecule has 170 valence electrons. The number of aromatic amines is 1. The maximum Gasteiger partial charge on any atom is 0.330 e. The van der Waals surface area contributed by atoms with E-state index in [0.29, 0.717) is 18.7 Å². The SMILES string of the molecule is CCCCn1c(N)c(N(CC)C(=O)CN(C)CC(=O)NCc2ccco2)c(=O)[nH]c1=O. The maximum absolute atomic E-state index is 12.9. The number of nitrogens with one attached hydrogen (secondary N) is 2. The molecule has 0 aliphatic rings. The molecule has 0 spiro atoms. The number of rotatable bonds is 11. The van der Waals surface area contributed by atoms with Crippen LogP contribution in [0.3, 0.4) is 0 Å². The Hall–Kier alpha value is -3.34. The molecule has 0 saturated heterocycles. The molecule has 0 radical (unpaired) electrons. The van der Waals surface area contributed by atoms with Crippen LogP contribution in [0.4, 0.5) is 11.5 Å². The Bertz CT molecular complexity index is 994. The van der Waals surface area contributed by atoms with Gasteiger partial charge in [0.05, 0.1) is 25.9 Å². The highest BCUT2D eigenvalue weighted by molar-refractivity contribution is 5.97. The van der Waals surface area contributed by atoms with E-state index in [1.807, 2.05) is 6.92 Å². The van der Waals surface area contributed by atoms with Crippen molar-refractivity contribution in [2.75, 3.05) is 37.3 Å². The first kappa shape index (κ1) is 23.9. The van der Waals surface area contributed by atoms with Gasteiger partial charge in [-0.2, -0.15) is 0 Å². The predicted octanol–water partition coefficient (Wildman–Crippen LogP) is 0.113. The Morgan fingerprint density at radius 1 is 1.26 bits per heavy atom. The summed E-state index contributed by atoms with van der Waals surface area (Å²) < 4.78 is 6.42. The van der Waals surface area contributed by atoms with Gasteiger partial charge >= 0.3 is 5.69 Å². The summed E-state index contributed by atoms with van der Waals surface area (Å²) in [4.78, 5) is 54.5. The standard InChI is InChI=1S/C20H30N6O5/c1-4-6-9-26-18(21)17(19(29)23-20(26)30)25(5-2)16(28)13-24(3)12-15(27)22-11-14-8-7-10-31-14/h7-8,10H,4-6,9,11-13,21H2,1-3H3,(H,22,27)(H,23,29,30). The van der Waals surface area contributed by atoms with Gasteiger partial charge in [-0.3, -0.25) is 28.8 Å². The number of unbranched alkanes of at least 4 members (excludes halogenated alkanes) is 1. The number of hydrogen-bond acceptors (Lipinski definition) is 7. The van der Waals surface area contributed by atoms with Crippen molar-refractivity contribution >= 4 is 23.3 Å². The minimum absolute atomic E-state index is 0.0220. The Morgan fingerprint density at radius 3 is 2.61 bits per heavy atom. The highest BCUT2D eigenvalue weighted by Crippen LogP contribution is 2.17. The van der Waals surface area contributed by atoms with Crippen LogP contribution in [0, 0.1) is 0 Å². The Labute approximate surface area is 179 Å². The molecule has 0 atom stereocenters. The van der Waals surface area contributed by atoms with E-state index in [1.165, 1.54) is 20.6 Å². The van der Waals surface area contributed by atoms with Crippen LogP contribution in [-0.2, 0) is 22.7 Å². The van der Waals surface area contributed by atoms with Crippen molar-refractivity contribution in [3.05, 3.63) is 45.0 Å². The smallest absolute Gasteiger partial charge is 0.330 e. The number of H-pyrrole nitrogens is 1. The van der Waals surface area contributed by atoms with Gasteiger partial charge in [0.15, 0.2) is 5.69 Å². The van der Waals surface area contributed by atoms with Crippen molar-refractivity contribution in [1.29, 1.82) is 0 Å². The normalized spacial score (nSPS) is 11.0. The van der Waals surface area contributed by atoms with Gasteiger partial charge in [-0.25, -0.2) is 4.79 Å². The van der Waals surface area contributed by atoms with Crippen molar-refractivity contribution in [2.24, 2.45) is 0 Å². The molecule has 0 aromatic carbocycles. The lowest BCUT2D eigenvalue weighted by Crippen LogP contribution is -2.46. The van der Waals surface area contributed by atoms with E-state index < -0.39 is 17.2 Å². The molecule has 0 aliphatic carbocycles. The van der Waals surface area contributed by atoms with E-state index in [0.717, 1.165) is 6.42 Å². The van der Waals surface area contributed by atoms with Crippen LogP contribution in [0.1, 0.15) is 32.4 Å². The second-order valence-electron chi connectivity index (χ2n) is 7.16. The summed E-state index contributed by atoms with van der Waals surface area (Å²) in [6.45, 7) is 4.30. The zero-order chi connectivity index (χ0) is 23.0. The van der Waals surface area contributed by atoms with Gasteiger partial charge in [0.25, 0.3) is 5.56 Å². The van der Waals surface area contributed by atoms with E-state index >= 15 is 0 Å². The fourth-order valence-corrected chi connectivity index (χ4v) is 3.11. The molecule has 31 heavy (non-hydrogen) atoms. The lowest BCUT2D eigenvalue weighted by atomic mass is 10.3. The molecule has 0 unspecified atom stereocenters. The van der Waals surface area contributed by atoms with Gasteiger partial charge in [0.1, 0.15) is 11.6 Å². The molecular weight excluding hydrogens is 404 g/mol. The van der Waals surface area contributed by atoms with Crippen LogP contribution in [0.2, 0.25) is 0 Å².